The van der Waals surface area contributed by atoms with Gasteiger partial charge in [-0.25, -0.2) is 0 Å². The molecule has 0 aromatic carbocycles. The fraction of sp³-hybridized carbons (Fsp3) is 0.833. The van der Waals surface area contributed by atoms with Crippen molar-refractivity contribution < 1.29 is 24.6 Å². The predicted octanol–water partition coefficient (Wildman–Crippen LogP) is -2.13. The van der Waals surface area contributed by atoms with E-state index in [0.717, 1.165) is 0 Å². The number of hydrogen-bond donors (Lipinski definition) is 5. The summed E-state index contributed by atoms with van der Waals surface area (Å²) in [4.78, 5) is 10.3. The zero-order chi connectivity index (χ0) is 11.0. The number of aliphatic carboxylic acids is 1. The van der Waals surface area contributed by atoms with Gasteiger partial charge >= 0.3 is 5.97 Å². The van der Waals surface area contributed by atoms with Crippen LogP contribution >= 0.6 is 8.96 Å². The highest BCUT2D eigenvalue weighted by atomic mass is 31.1. The van der Waals surface area contributed by atoms with Crippen LogP contribution in [0.5, 0.6) is 0 Å². The minimum atomic E-state index is -1.15. The number of nitrogens with two attached hydrogens (primary N) is 1. The summed E-state index contributed by atoms with van der Waals surface area (Å²) in [5.74, 6) is -1.08. The Morgan fingerprint density at radius 3 is 2.43 bits per heavy atom. The Balaban J connectivity index is 4.13. The van der Waals surface area contributed by atoms with Gasteiger partial charge in [0.05, 0.1) is 40.9 Å². The average molecular weight is 226 g/mol. The van der Waals surface area contributed by atoms with Crippen molar-refractivity contribution in [3.05, 3.63) is 0 Å². The Bertz CT molecular complexity index is 176. The van der Waals surface area contributed by atoms with E-state index in [1.54, 1.807) is 0 Å². The molecule has 0 aliphatic heterocycles. The van der Waals surface area contributed by atoms with Crippen LogP contribution in [0, 0.1) is 0 Å². The molecule has 0 radical (unpaired) electrons. The van der Waals surface area contributed by atoms with Crippen LogP contribution in [0.25, 0.3) is 0 Å². The van der Waals surface area contributed by atoms with Gasteiger partial charge in [0.25, 0.3) is 0 Å². The molecule has 0 amide bonds. The van der Waals surface area contributed by atoms with Gasteiger partial charge in [-0.05, 0) is 0 Å². The van der Waals surface area contributed by atoms with Crippen LogP contribution in [0.2, 0.25) is 0 Å². The van der Waals surface area contributed by atoms with Gasteiger partial charge in [0.2, 0.25) is 0 Å². The Hall–Kier alpha value is -0.300. The summed E-state index contributed by atoms with van der Waals surface area (Å²) in [6, 6.07) is 0. The van der Waals surface area contributed by atoms with Gasteiger partial charge in [0.15, 0.2) is 0 Å². The molecule has 0 saturated heterocycles. The lowest BCUT2D eigenvalue weighted by Crippen LogP contribution is -2.56. The monoisotopic (exact) mass is 226 g/mol. The van der Waals surface area contributed by atoms with Crippen LogP contribution in [0.4, 0.5) is 0 Å². The predicted molar refractivity (Wildman–Crippen MR) is 51.0 cm³/mol. The molecule has 0 spiro atoms. The number of carbonyl (C=O) groups is 1. The third-order valence-corrected chi connectivity index (χ3v) is 1.96. The lowest BCUT2D eigenvalue weighted by Gasteiger charge is -2.29. The van der Waals surface area contributed by atoms with Crippen molar-refractivity contribution in [2.75, 3.05) is 26.4 Å². The second-order valence-electron chi connectivity index (χ2n) is 2.75. The van der Waals surface area contributed by atoms with Crippen LogP contribution < -0.4 is 10.8 Å². The van der Waals surface area contributed by atoms with Crippen molar-refractivity contribution in [3.8, 4) is 0 Å². The normalized spacial score (nSPS) is 12.5. The molecule has 0 aromatic rings. The molecule has 8 heteroatoms. The molecule has 1 atom stereocenters. The highest BCUT2D eigenvalue weighted by molar-refractivity contribution is 7.29. The zero-order valence-electron chi connectivity index (χ0n) is 7.56. The topological polar surface area (TPSA) is 125 Å². The van der Waals surface area contributed by atoms with Gasteiger partial charge in [-0.3, -0.25) is 15.6 Å². The quantitative estimate of drug-likeness (QED) is 0.299. The molecule has 0 aromatic heterocycles. The Morgan fingerprint density at radius 1 is 1.50 bits per heavy atom. The van der Waals surface area contributed by atoms with Gasteiger partial charge in [-0.15, -0.1) is 0 Å². The molecule has 0 rings (SSSR count). The van der Waals surface area contributed by atoms with Gasteiger partial charge in [0, 0.05) is 0 Å². The standard InChI is InChI=1S/C6H15N2O5P/c7-14-13-4-6(2-9,3-10)8-1-5(11)12/h8-10,14H,1-4,7H2,(H,11,12). The van der Waals surface area contributed by atoms with E-state index >= 15 is 0 Å². The summed E-state index contributed by atoms with van der Waals surface area (Å²) >= 11 is 0. The van der Waals surface area contributed by atoms with Crippen LogP contribution in [0.15, 0.2) is 0 Å². The third-order valence-electron chi connectivity index (χ3n) is 1.65. The van der Waals surface area contributed by atoms with Crippen molar-refractivity contribution in [2.45, 2.75) is 5.54 Å². The first-order valence-corrected chi connectivity index (χ1v) is 4.85. The van der Waals surface area contributed by atoms with Gasteiger partial charge in [0.1, 0.15) is 0 Å². The number of rotatable bonds is 8. The van der Waals surface area contributed by atoms with E-state index in [-0.39, 0.29) is 22.1 Å². The maximum absolute atomic E-state index is 10.3. The average Bonchev–Trinajstić information content (AvgIpc) is 2.19. The van der Waals surface area contributed by atoms with Gasteiger partial charge in [-0.2, -0.15) is 0 Å². The molecular formula is C6H15N2O5P. The number of carboxylic acids is 1. The van der Waals surface area contributed by atoms with Crippen molar-refractivity contribution in [2.24, 2.45) is 5.50 Å². The Morgan fingerprint density at radius 2 is 2.07 bits per heavy atom. The first-order valence-electron chi connectivity index (χ1n) is 3.86. The second kappa shape index (κ2) is 7.05. The van der Waals surface area contributed by atoms with E-state index in [1.165, 1.54) is 0 Å². The minimum Gasteiger partial charge on any atom is -0.480 e. The molecule has 0 heterocycles. The lowest BCUT2D eigenvalue weighted by atomic mass is 10.0. The van der Waals surface area contributed by atoms with Crippen molar-refractivity contribution in [1.82, 2.24) is 5.32 Å². The molecule has 14 heavy (non-hydrogen) atoms. The summed E-state index contributed by atoms with van der Waals surface area (Å²) in [6.45, 7) is -1.26. The summed E-state index contributed by atoms with van der Waals surface area (Å²) < 4.78 is 4.84. The van der Waals surface area contributed by atoms with Crippen LogP contribution in [0.3, 0.4) is 0 Å². The van der Waals surface area contributed by atoms with E-state index in [2.05, 4.69) is 5.32 Å². The molecule has 0 fully saturated rings. The number of hydrogen-bond acceptors (Lipinski definition) is 6. The van der Waals surface area contributed by atoms with Crippen molar-refractivity contribution >= 4 is 14.9 Å². The molecule has 0 bridgehead atoms. The van der Waals surface area contributed by atoms with E-state index in [1.807, 2.05) is 0 Å². The maximum Gasteiger partial charge on any atom is 0.317 e. The van der Waals surface area contributed by atoms with Crippen molar-refractivity contribution in [3.63, 3.8) is 0 Å². The van der Waals surface area contributed by atoms with Crippen molar-refractivity contribution in [1.29, 1.82) is 0 Å². The molecule has 6 N–H and O–H groups in total. The molecule has 7 nitrogen and oxygen atoms in total. The third kappa shape index (κ3) is 4.80. The minimum absolute atomic E-state index is 0.0395. The Labute approximate surface area is 83.2 Å². The van der Waals surface area contributed by atoms with E-state index in [4.69, 9.17) is 25.3 Å². The highest BCUT2D eigenvalue weighted by Gasteiger charge is 2.29. The molecule has 0 saturated carbocycles. The van der Waals surface area contributed by atoms with Crippen LogP contribution in [0.1, 0.15) is 0 Å². The molecule has 84 valence electrons. The fourth-order valence-electron chi connectivity index (χ4n) is 0.747. The van der Waals surface area contributed by atoms with E-state index in [9.17, 15) is 4.79 Å². The molecule has 0 aliphatic carbocycles. The first-order chi connectivity index (χ1) is 6.60. The number of aliphatic hydroxyl groups is 2. The second-order valence-corrected chi connectivity index (χ2v) is 3.27. The Kier molecular flexibility index (Phi) is 6.90. The van der Waals surface area contributed by atoms with Crippen LogP contribution in [-0.2, 0) is 9.32 Å². The number of nitrogens with one attached hydrogen (secondary N) is 1. The highest BCUT2D eigenvalue weighted by Crippen LogP contribution is 2.09. The maximum atomic E-state index is 10.3. The summed E-state index contributed by atoms with van der Waals surface area (Å²) in [5.41, 5.74) is 3.95. The van der Waals surface area contributed by atoms with E-state index in [0.29, 0.717) is 0 Å². The summed E-state index contributed by atoms with van der Waals surface area (Å²) in [5, 5.41) is 28.9. The van der Waals surface area contributed by atoms with E-state index < -0.39 is 24.7 Å². The largest absolute Gasteiger partial charge is 0.480 e. The fourth-order valence-corrected chi connectivity index (χ4v) is 1.11. The number of aliphatic hydroxyl groups excluding tert-OH is 2. The lowest BCUT2D eigenvalue weighted by molar-refractivity contribution is -0.136. The molecule has 0 aliphatic rings. The summed E-state index contributed by atoms with van der Waals surface area (Å²) in [6.07, 6.45) is 0. The molecule has 1 unspecified atom stereocenters. The molecular weight excluding hydrogens is 211 g/mol. The van der Waals surface area contributed by atoms with Gasteiger partial charge in [-0.1, -0.05) is 0 Å². The first kappa shape index (κ1) is 13.7. The zero-order valence-corrected chi connectivity index (χ0v) is 8.56. The van der Waals surface area contributed by atoms with Gasteiger partial charge < -0.3 is 19.8 Å². The number of carboxylic acid groups (broad SMARTS) is 1. The smallest absolute Gasteiger partial charge is 0.317 e. The van der Waals surface area contributed by atoms with Crippen LogP contribution in [-0.4, -0.2) is 53.2 Å². The summed E-state index contributed by atoms with van der Waals surface area (Å²) in [7, 11) is -0.273. The SMILES string of the molecule is NPOCC(CO)(CO)NCC(=O)O.